The topological polar surface area (TPSA) is 0 Å². The lowest BCUT2D eigenvalue weighted by Crippen LogP contribution is -2.13. The van der Waals surface area contributed by atoms with Crippen LogP contribution in [0.25, 0.3) is 10.8 Å². The second kappa shape index (κ2) is 11.6. The van der Waals surface area contributed by atoms with Crippen LogP contribution in [0, 0.1) is 5.92 Å². The molecule has 1 aliphatic rings. The zero-order valence-corrected chi connectivity index (χ0v) is 18.5. The molecule has 0 bridgehead atoms. The lowest BCUT2D eigenvalue weighted by molar-refractivity contribution is 0.304. The van der Waals surface area contributed by atoms with Gasteiger partial charge in [-0.1, -0.05) is 102 Å². The van der Waals surface area contributed by atoms with Gasteiger partial charge in [-0.2, -0.15) is 0 Å². The molecule has 3 rings (SSSR count). The third-order valence-corrected chi connectivity index (χ3v) is 7.03. The quantitative estimate of drug-likeness (QED) is 0.342. The maximum atomic E-state index is 2.49. The minimum Gasteiger partial charge on any atom is -0.0654 e. The van der Waals surface area contributed by atoms with Crippen LogP contribution in [0.5, 0.6) is 0 Å². The van der Waals surface area contributed by atoms with E-state index >= 15 is 0 Å². The van der Waals surface area contributed by atoms with Gasteiger partial charge in [0.25, 0.3) is 0 Å². The molecule has 0 atom stereocenters. The summed E-state index contributed by atoms with van der Waals surface area (Å²) < 4.78 is 0. The second-order valence-corrected chi connectivity index (χ2v) is 9.32. The highest BCUT2D eigenvalue weighted by Gasteiger charge is 2.22. The molecule has 1 aliphatic carbocycles. The highest BCUT2D eigenvalue weighted by Crippen LogP contribution is 2.38. The average Bonchev–Trinajstić information content (AvgIpc) is 2.74. The van der Waals surface area contributed by atoms with Crippen molar-refractivity contribution in [3.05, 3.63) is 47.5 Å². The number of unbranched alkanes of at least 4 members (excludes halogenated alkanes) is 6. The molecule has 1 fully saturated rings. The Kier molecular flexibility index (Phi) is 8.90. The van der Waals surface area contributed by atoms with Crippen molar-refractivity contribution >= 4 is 10.8 Å². The fourth-order valence-corrected chi connectivity index (χ4v) is 5.11. The summed E-state index contributed by atoms with van der Waals surface area (Å²) in [5.41, 5.74) is 3.11. The van der Waals surface area contributed by atoms with Gasteiger partial charge in [-0.25, -0.2) is 0 Å². The van der Waals surface area contributed by atoms with Crippen LogP contribution in [0.15, 0.2) is 36.4 Å². The van der Waals surface area contributed by atoms with E-state index in [1.165, 1.54) is 106 Å². The Balaban J connectivity index is 1.52. The van der Waals surface area contributed by atoms with E-state index in [1.807, 2.05) is 0 Å². The maximum absolute atomic E-state index is 2.49. The van der Waals surface area contributed by atoms with E-state index in [9.17, 15) is 0 Å². The maximum Gasteiger partial charge on any atom is -0.0162 e. The SMILES string of the molecule is CCCCCCCCc1ccc2cc([C@H]3CC[C@H](CCCC)CC3)ccc2c1. The van der Waals surface area contributed by atoms with E-state index < -0.39 is 0 Å². The number of hydrogen-bond acceptors (Lipinski definition) is 0. The summed E-state index contributed by atoms with van der Waals surface area (Å²) in [6, 6.07) is 14.5. The summed E-state index contributed by atoms with van der Waals surface area (Å²) in [6.45, 7) is 4.61. The van der Waals surface area contributed by atoms with Gasteiger partial charge < -0.3 is 0 Å². The van der Waals surface area contributed by atoms with Crippen molar-refractivity contribution in [1.29, 1.82) is 0 Å². The first kappa shape index (κ1) is 21.4. The van der Waals surface area contributed by atoms with Crippen LogP contribution in [0.4, 0.5) is 0 Å². The van der Waals surface area contributed by atoms with Gasteiger partial charge in [0.2, 0.25) is 0 Å². The van der Waals surface area contributed by atoms with Crippen molar-refractivity contribution in [3.8, 4) is 0 Å². The molecule has 0 spiro atoms. The van der Waals surface area contributed by atoms with Crippen LogP contribution in [-0.4, -0.2) is 0 Å². The Morgan fingerprint density at radius 1 is 0.679 bits per heavy atom. The largest absolute Gasteiger partial charge is 0.0654 e. The first-order valence-electron chi connectivity index (χ1n) is 12.3. The summed E-state index contributed by atoms with van der Waals surface area (Å²) in [5.74, 6) is 1.80. The second-order valence-electron chi connectivity index (χ2n) is 9.32. The summed E-state index contributed by atoms with van der Waals surface area (Å²) in [7, 11) is 0. The Morgan fingerprint density at radius 3 is 2.14 bits per heavy atom. The Hall–Kier alpha value is -1.30. The van der Waals surface area contributed by atoms with E-state index in [1.54, 1.807) is 5.56 Å². The highest BCUT2D eigenvalue weighted by atomic mass is 14.3. The van der Waals surface area contributed by atoms with Gasteiger partial charge in [0.05, 0.1) is 0 Å². The Morgan fingerprint density at radius 2 is 1.36 bits per heavy atom. The molecule has 0 saturated heterocycles. The number of rotatable bonds is 11. The molecule has 0 N–H and O–H groups in total. The minimum absolute atomic E-state index is 0.796. The van der Waals surface area contributed by atoms with Gasteiger partial charge in [-0.15, -0.1) is 0 Å². The van der Waals surface area contributed by atoms with Gasteiger partial charge in [0.15, 0.2) is 0 Å². The molecule has 0 heterocycles. The lowest BCUT2D eigenvalue weighted by Gasteiger charge is -2.29. The molecule has 2 aromatic rings. The fraction of sp³-hybridized carbons (Fsp3) is 0.643. The van der Waals surface area contributed by atoms with E-state index in [-0.39, 0.29) is 0 Å². The normalized spacial score (nSPS) is 19.9. The zero-order valence-electron chi connectivity index (χ0n) is 18.5. The van der Waals surface area contributed by atoms with Gasteiger partial charge in [-0.3, -0.25) is 0 Å². The van der Waals surface area contributed by atoms with Crippen LogP contribution in [0.2, 0.25) is 0 Å². The summed E-state index contributed by atoms with van der Waals surface area (Å²) in [4.78, 5) is 0. The summed E-state index contributed by atoms with van der Waals surface area (Å²) in [5, 5.41) is 2.88. The molecule has 28 heavy (non-hydrogen) atoms. The van der Waals surface area contributed by atoms with Crippen molar-refractivity contribution in [2.75, 3.05) is 0 Å². The molecule has 0 unspecified atom stereocenters. The molecule has 154 valence electrons. The van der Waals surface area contributed by atoms with Crippen molar-refractivity contribution < 1.29 is 0 Å². The molecule has 0 aliphatic heterocycles. The Bertz CT molecular complexity index is 690. The molecule has 0 radical (unpaired) electrons. The van der Waals surface area contributed by atoms with Gasteiger partial charge in [0, 0.05) is 0 Å². The number of benzene rings is 2. The van der Waals surface area contributed by atoms with E-state index in [0.29, 0.717) is 0 Å². The van der Waals surface area contributed by atoms with E-state index in [2.05, 4.69) is 50.2 Å². The highest BCUT2D eigenvalue weighted by molar-refractivity contribution is 5.84. The number of fused-ring (bicyclic) bond motifs is 1. The molecule has 0 heteroatoms. The van der Waals surface area contributed by atoms with Crippen molar-refractivity contribution in [3.63, 3.8) is 0 Å². The van der Waals surface area contributed by atoms with Crippen molar-refractivity contribution in [1.82, 2.24) is 0 Å². The van der Waals surface area contributed by atoms with Crippen molar-refractivity contribution in [2.45, 2.75) is 110 Å². The number of hydrogen-bond donors (Lipinski definition) is 0. The van der Waals surface area contributed by atoms with Crippen LogP contribution < -0.4 is 0 Å². The molecule has 2 aromatic carbocycles. The fourth-order valence-electron chi connectivity index (χ4n) is 5.11. The van der Waals surface area contributed by atoms with Gasteiger partial charge >= 0.3 is 0 Å². The van der Waals surface area contributed by atoms with Crippen LogP contribution in [0.1, 0.15) is 114 Å². The third-order valence-electron chi connectivity index (χ3n) is 7.03. The lowest BCUT2D eigenvalue weighted by atomic mass is 9.77. The monoisotopic (exact) mass is 378 g/mol. The van der Waals surface area contributed by atoms with E-state index in [0.717, 1.165) is 11.8 Å². The molecule has 0 amide bonds. The average molecular weight is 379 g/mol. The third kappa shape index (κ3) is 6.36. The molecule has 0 nitrogen and oxygen atoms in total. The van der Waals surface area contributed by atoms with Crippen LogP contribution in [0.3, 0.4) is 0 Å². The standard InChI is InChI=1S/C28H42/c1-3-5-7-8-9-10-12-24-15-18-28-22-27(20-19-26(28)21-24)25-16-13-23(14-17-25)11-6-4-2/h15,18-23,25H,3-14,16-17H2,1-2H3/t23-,25-. The van der Waals surface area contributed by atoms with Crippen LogP contribution >= 0.6 is 0 Å². The first-order valence-corrected chi connectivity index (χ1v) is 12.3. The molecule has 0 aromatic heterocycles. The summed E-state index contributed by atoms with van der Waals surface area (Å²) in [6.07, 6.45) is 19.5. The smallest absolute Gasteiger partial charge is 0.0162 e. The predicted molar refractivity (Wildman–Crippen MR) is 125 cm³/mol. The molecular weight excluding hydrogens is 336 g/mol. The van der Waals surface area contributed by atoms with Gasteiger partial charge in [0.1, 0.15) is 0 Å². The van der Waals surface area contributed by atoms with Gasteiger partial charge in [-0.05, 0) is 72.3 Å². The Labute approximate surface area is 174 Å². The molecule has 1 saturated carbocycles. The summed E-state index contributed by atoms with van der Waals surface area (Å²) >= 11 is 0. The number of aryl methyl sites for hydroxylation is 1. The molecular formula is C28H42. The first-order chi connectivity index (χ1) is 13.8. The van der Waals surface area contributed by atoms with E-state index in [4.69, 9.17) is 0 Å². The van der Waals surface area contributed by atoms with Crippen molar-refractivity contribution in [2.24, 2.45) is 5.92 Å². The van der Waals surface area contributed by atoms with Crippen LogP contribution in [-0.2, 0) is 6.42 Å². The predicted octanol–water partition coefficient (Wildman–Crippen LogP) is 9.21. The zero-order chi connectivity index (χ0) is 19.6. The minimum atomic E-state index is 0.796.